The SMILES string of the molecule is CC(C)SS(=O)[O-]. The van der Waals surface area contributed by atoms with Crippen molar-refractivity contribution >= 4 is 20.9 Å². The summed E-state index contributed by atoms with van der Waals surface area (Å²) in [7, 11) is -1.00. The van der Waals surface area contributed by atoms with Crippen LogP contribution in [-0.4, -0.2) is 14.0 Å². The standard InChI is InChI=1S/C3H8O2S2/c1-3(2)6-7(4)5/h3H,1-2H3,(H,4,5)/p-1. The Balaban J connectivity index is 3.13. The molecule has 7 heavy (non-hydrogen) atoms. The Hall–Kier alpha value is 0.460. The van der Waals surface area contributed by atoms with Crippen LogP contribution in [0.1, 0.15) is 13.8 Å². The summed E-state index contributed by atoms with van der Waals surface area (Å²) in [5.74, 6) is 0. The van der Waals surface area contributed by atoms with E-state index in [2.05, 4.69) is 0 Å². The molecule has 4 heteroatoms. The first-order valence-electron chi connectivity index (χ1n) is 1.89. The van der Waals surface area contributed by atoms with Gasteiger partial charge in [-0.2, -0.15) is 0 Å². The maximum absolute atomic E-state index is 9.77. The van der Waals surface area contributed by atoms with E-state index >= 15 is 0 Å². The molecule has 0 rings (SSSR count). The molecule has 0 aromatic rings. The Bertz CT molecular complexity index is 71.3. The summed E-state index contributed by atoms with van der Waals surface area (Å²) in [6, 6.07) is 0. The van der Waals surface area contributed by atoms with E-state index in [4.69, 9.17) is 0 Å². The van der Waals surface area contributed by atoms with Gasteiger partial charge < -0.3 is 4.55 Å². The van der Waals surface area contributed by atoms with Gasteiger partial charge in [0.1, 0.15) is 0 Å². The molecule has 0 saturated heterocycles. The molecule has 1 unspecified atom stereocenters. The summed E-state index contributed by atoms with van der Waals surface area (Å²) in [5.41, 5.74) is 0. The van der Waals surface area contributed by atoms with Crippen LogP contribution in [0.15, 0.2) is 0 Å². The van der Waals surface area contributed by atoms with Crippen LogP contribution in [0.3, 0.4) is 0 Å². The zero-order valence-corrected chi connectivity index (χ0v) is 5.84. The molecule has 0 radical (unpaired) electrons. The minimum absolute atomic E-state index is 0.179. The first-order chi connectivity index (χ1) is 3.13. The Kier molecular flexibility index (Phi) is 3.69. The smallest absolute Gasteiger partial charge is 0.0108 e. The molecule has 0 N–H and O–H groups in total. The average molecular weight is 139 g/mol. The molecule has 2 nitrogen and oxygen atoms in total. The summed E-state index contributed by atoms with van der Waals surface area (Å²) in [4.78, 5) is 0. The van der Waals surface area contributed by atoms with Gasteiger partial charge in [-0.3, -0.25) is 4.21 Å². The van der Waals surface area contributed by atoms with Crippen molar-refractivity contribution in [1.82, 2.24) is 0 Å². The van der Waals surface area contributed by atoms with E-state index in [0.29, 0.717) is 0 Å². The van der Waals surface area contributed by atoms with Crippen LogP contribution in [0, 0.1) is 0 Å². The van der Waals surface area contributed by atoms with Crippen LogP contribution in [0.5, 0.6) is 0 Å². The highest BCUT2D eigenvalue weighted by molar-refractivity contribution is 8.67. The van der Waals surface area contributed by atoms with Crippen LogP contribution in [0.2, 0.25) is 0 Å². The van der Waals surface area contributed by atoms with Gasteiger partial charge >= 0.3 is 0 Å². The molecule has 0 aliphatic carbocycles. The molecule has 0 amide bonds. The monoisotopic (exact) mass is 139 g/mol. The van der Waals surface area contributed by atoms with Crippen molar-refractivity contribution in [2.45, 2.75) is 19.1 Å². The molecule has 0 aliphatic heterocycles. The third kappa shape index (κ3) is 6.46. The molecular formula is C3H7O2S2-. The summed E-state index contributed by atoms with van der Waals surface area (Å²) in [5, 5.41) is 0.179. The first kappa shape index (κ1) is 7.46. The van der Waals surface area contributed by atoms with Crippen molar-refractivity contribution in [3.8, 4) is 0 Å². The van der Waals surface area contributed by atoms with Crippen molar-refractivity contribution in [3.63, 3.8) is 0 Å². The molecular weight excluding hydrogens is 132 g/mol. The van der Waals surface area contributed by atoms with E-state index in [1.54, 1.807) is 0 Å². The van der Waals surface area contributed by atoms with Crippen molar-refractivity contribution in [3.05, 3.63) is 0 Å². The second-order valence-electron chi connectivity index (χ2n) is 1.35. The highest BCUT2D eigenvalue weighted by Gasteiger charge is 1.89. The second-order valence-corrected chi connectivity index (χ2v) is 4.29. The maximum atomic E-state index is 9.77. The van der Waals surface area contributed by atoms with E-state index in [1.807, 2.05) is 13.8 Å². The van der Waals surface area contributed by atoms with E-state index in [-0.39, 0.29) is 5.25 Å². The average Bonchev–Trinajstić information content (AvgIpc) is 1.27. The zero-order chi connectivity index (χ0) is 5.86. The molecule has 0 aromatic carbocycles. The van der Waals surface area contributed by atoms with Crippen molar-refractivity contribution in [2.75, 3.05) is 0 Å². The zero-order valence-electron chi connectivity index (χ0n) is 4.21. The quantitative estimate of drug-likeness (QED) is 0.422. The summed E-state index contributed by atoms with van der Waals surface area (Å²) < 4.78 is 19.5. The lowest BCUT2D eigenvalue weighted by Gasteiger charge is -2.04. The fourth-order valence-electron chi connectivity index (χ4n) is 0.157. The topological polar surface area (TPSA) is 40.1 Å². The molecule has 0 fully saturated rings. The van der Waals surface area contributed by atoms with Gasteiger partial charge in [0.15, 0.2) is 0 Å². The molecule has 0 saturated carbocycles. The van der Waals surface area contributed by atoms with Crippen molar-refractivity contribution in [1.29, 1.82) is 0 Å². The lowest BCUT2D eigenvalue weighted by Crippen LogP contribution is -1.88. The Labute approximate surface area is 49.4 Å². The largest absolute Gasteiger partial charge is 0.764 e. The normalized spacial score (nSPS) is 14.9. The maximum Gasteiger partial charge on any atom is 0.0108 e. The Morgan fingerprint density at radius 2 is 2.14 bits per heavy atom. The van der Waals surface area contributed by atoms with Gasteiger partial charge in [-0.05, 0) is 0 Å². The summed E-state index contributed by atoms with van der Waals surface area (Å²) in [6.45, 7) is 3.67. The Morgan fingerprint density at radius 3 is 2.14 bits per heavy atom. The fourth-order valence-corrected chi connectivity index (χ4v) is 1.41. The first-order valence-corrected chi connectivity index (χ1v) is 4.36. The van der Waals surface area contributed by atoms with Gasteiger partial charge in [-0.15, -0.1) is 0 Å². The van der Waals surface area contributed by atoms with Crippen molar-refractivity contribution < 1.29 is 8.76 Å². The van der Waals surface area contributed by atoms with E-state index in [0.717, 1.165) is 10.8 Å². The lowest BCUT2D eigenvalue weighted by atomic mass is 10.6. The van der Waals surface area contributed by atoms with Gasteiger partial charge in [0.2, 0.25) is 0 Å². The molecule has 0 spiro atoms. The summed E-state index contributed by atoms with van der Waals surface area (Å²) >= 11 is 0. The van der Waals surface area contributed by atoms with Crippen LogP contribution in [0.4, 0.5) is 0 Å². The highest BCUT2D eigenvalue weighted by Crippen LogP contribution is 2.10. The summed E-state index contributed by atoms with van der Waals surface area (Å²) in [6.07, 6.45) is 0. The van der Waals surface area contributed by atoms with E-state index < -0.39 is 10.1 Å². The lowest BCUT2D eigenvalue weighted by molar-refractivity contribution is 0.553. The molecule has 0 aliphatic rings. The minimum atomic E-state index is -1.93. The molecule has 0 heterocycles. The number of rotatable bonds is 2. The van der Waals surface area contributed by atoms with Gasteiger partial charge in [0.25, 0.3) is 0 Å². The molecule has 1 atom stereocenters. The van der Waals surface area contributed by atoms with Crippen LogP contribution in [-0.2, 0) is 10.1 Å². The third-order valence-electron chi connectivity index (χ3n) is 0.271. The predicted octanol–water partition coefficient (Wildman–Crippen LogP) is 0.922. The van der Waals surface area contributed by atoms with Crippen molar-refractivity contribution in [2.24, 2.45) is 0 Å². The van der Waals surface area contributed by atoms with Gasteiger partial charge in [-0.1, -0.05) is 24.6 Å². The van der Waals surface area contributed by atoms with Crippen LogP contribution >= 0.6 is 10.8 Å². The van der Waals surface area contributed by atoms with Gasteiger partial charge in [0.05, 0.1) is 0 Å². The van der Waals surface area contributed by atoms with Gasteiger partial charge in [-0.25, -0.2) is 0 Å². The van der Waals surface area contributed by atoms with Gasteiger partial charge in [0, 0.05) is 15.4 Å². The second kappa shape index (κ2) is 3.46. The van der Waals surface area contributed by atoms with E-state index in [9.17, 15) is 8.76 Å². The molecule has 0 aromatic heterocycles. The van der Waals surface area contributed by atoms with E-state index in [1.165, 1.54) is 0 Å². The number of hydrogen-bond acceptors (Lipinski definition) is 3. The third-order valence-corrected chi connectivity index (χ3v) is 2.44. The van der Waals surface area contributed by atoms with Crippen LogP contribution < -0.4 is 0 Å². The minimum Gasteiger partial charge on any atom is -0.764 e. The molecule has 44 valence electrons. The highest BCUT2D eigenvalue weighted by atomic mass is 33.1. The Morgan fingerprint density at radius 1 is 1.71 bits per heavy atom. The number of hydrogen-bond donors (Lipinski definition) is 0. The fraction of sp³-hybridized carbons (Fsp3) is 1.00. The predicted molar refractivity (Wildman–Crippen MR) is 31.6 cm³/mol. The molecule has 0 bridgehead atoms. The van der Waals surface area contributed by atoms with Crippen LogP contribution in [0.25, 0.3) is 0 Å².